The van der Waals surface area contributed by atoms with Crippen LogP contribution in [0.5, 0.6) is 0 Å². The predicted octanol–water partition coefficient (Wildman–Crippen LogP) is 4.91. The summed E-state index contributed by atoms with van der Waals surface area (Å²) < 4.78 is 46.2. The SMILES string of the molecule is C[C@@H](Nc1ncnc2c1C=C(C1=CCOCC1)CN2C)c1cccc(C(F)F)c1F. The Bertz CT molecular complexity index is 1010. The van der Waals surface area contributed by atoms with Crippen LogP contribution in [0.25, 0.3) is 6.08 Å². The van der Waals surface area contributed by atoms with Gasteiger partial charge in [-0.3, -0.25) is 0 Å². The van der Waals surface area contributed by atoms with Crippen molar-refractivity contribution in [3.63, 3.8) is 0 Å². The lowest BCUT2D eigenvalue weighted by molar-refractivity contribution is 0.146. The maximum Gasteiger partial charge on any atom is 0.266 e. The van der Waals surface area contributed by atoms with E-state index in [4.69, 9.17) is 4.74 Å². The number of aromatic nitrogens is 2. The largest absolute Gasteiger partial charge is 0.377 e. The summed E-state index contributed by atoms with van der Waals surface area (Å²) in [7, 11) is 1.96. The Labute approximate surface area is 173 Å². The molecule has 3 heterocycles. The van der Waals surface area contributed by atoms with Gasteiger partial charge in [-0.1, -0.05) is 24.3 Å². The zero-order chi connectivity index (χ0) is 21.3. The van der Waals surface area contributed by atoms with Gasteiger partial charge in [0.1, 0.15) is 23.8 Å². The van der Waals surface area contributed by atoms with E-state index in [0.29, 0.717) is 19.0 Å². The van der Waals surface area contributed by atoms with Crippen molar-refractivity contribution < 1.29 is 17.9 Å². The molecule has 2 aromatic rings. The number of nitrogens with zero attached hydrogens (tertiary/aromatic N) is 3. The lowest BCUT2D eigenvalue weighted by atomic mass is 9.96. The van der Waals surface area contributed by atoms with Crippen molar-refractivity contribution in [1.82, 2.24) is 9.97 Å². The molecule has 0 aliphatic carbocycles. The summed E-state index contributed by atoms with van der Waals surface area (Å²) in [6.45, 7) is 3.72. The maximum absolute atomic E-state index is 14.6. The number of anilines is 2. The molecule has 5 nitrogen and oxygen atoms in total. The first kappa shape index (κ1) is 20.4. The van der Waals surface area contributed by atoms with Gasteiger partial charge in [-0.05, 0) is 30.6 Å². The summed E-state index contributed by atoms with van der Waals surface area (Å²) in [6, 6.07) is 3.49. The van der Waals surface area contributed by atoms with Crippen LogP contribution in [-0.4, -0.2) is 36.8 Å². The highest BCUT2D eigenvalue weighted by Gasteiger charge is 2.24. The van der Waals surface area contributed by atoms with Crippen LogP contribution in [0.4, 0.5) is 24.8 Å². The molecule has 1 atom stereocenters. The van der Waals surface area contributed by atoms with Crippen LogP contribution in [0.15, 0.2) is 41.7 Å². The molecule has 30 heavy (non-hydrogen) atoms. The summed E-state index contributed by atoms with van der Waals surface area (Å²) in [5, 5.41) is 3.19. The van der Waals surface area contributed by atoms with E-state index in [2.05, 4.69) is 21.4 Å². The van der Waals surface area contributed by atoms with E-state index in [1.807, 2.05) is 18.0 Å². The van der Waals surface area contributed by atoms with Crippen LogP contribution in [0.2, 0.25) is 0 Å². The molecule has 1 aromatic carbocycles. The average Bonchev–Trinajstić information content (AvgIpc) is 2.74. The normalized spacial score (nSPS) is 17.3. The molecule has 8 heteroatoms. The third-order valence-electron chi connectivity index (χ3n) is 5.44. The number of hydrogen-bond donors (Lipinski definition) is 1. The summed E-state index contributed by atoms with van der Waals surface area (Å²) in [6.07, 6.45) is 3.55. The monoisotopic (exact) mass is 416 g/mol. The van der Waals surface area contributed by atoms with Crippen LogP contribution in [-0.2, 0) is 4.74 Å². The quantitative estimate of drug-likeness (QED) is 0.751. The molecule has 2 aliphatic heterocycles. The second-order valence-corrected chi connectivity index (χ2v) is 7.46. The average molecular weight is 416 g/mol. The van der Waals surface area contributed by atoms with Gasteiger partial charge in [0.05, 0.1) is 30.4 Å². The molecule has 0 unspecified atom stereocenters. The Kier molecular flexibility index (Phi) is 5.76. The van der Waals surface area contributed by atoms with Gasteiger partial charge in [-0.2, -0.15) is 0 Å². The van der Waals surface area contributed by atoms with Crippen LogP contribution in [0, 0.1) is 5.82 Å². The Balaban J connectivity index is 1.68. The van der Waals surface area contributed by atoms with Crippen molar-refractivity contribution in [2.75, 3.05) is 37.0 Å². The highest BCUT2D eigenvalue weighted by Crippen LogP contribution is 2.35. The van der Waals surface area contributed by atoms with Crippen LogP contribution in [0.1, 0.15) is 42.5 Å². The molecule has 0 saturated heterocycles. The molecule has 2 aliphatic rings. The van der Waals surface area contributed by atoms with Crippen molar-refractivity contribution in [3.8, 4) is 0 Å². The predicted molar refractivity (Wildman–Crippen MR) is 110 cm³/mol. The van der Waals surface area contributed by atoms with Crippen LogP contribution in [0.3, 0.4) is 0 Å². The second kappa shape index (κ2) is 8.47. The smallest absolute Gasteiger partial charge is 0.266 e. The Morgan fingerprint density at radius 3 is 2.70 bits per heavy atom. The standard InChI is InChI=1S/C22H23F3N4O/c1-13(16-4-3-5-17(19(16)23)20(24)25)28-21-18-10-15(14-6-8-30-9-7-14)11-29(2)22(18)27-12-26-21/h3-6,10,12-13,20H,7-9,11H2,1-2H3,(H,26,27,28)/t13-/m1/s1. The van der Waals surface area contributed by atoms with E-state index >= 15 is 0 Å². The second-order valence-electron chi connectivity index (χ2n) is 7.46. The zero-order valence-corrected chi connectivity index (χ0v) is 16.8. The number of rotatable bonds is 5. The van der Waals surface area contributed by atoms with E-state index in [9.17, 15) is 13.2 Å². The molecule has 1 N–H and O–H groups in total. The van der Waals surface area contributed by atoms with Crippen molar-refractivity contribution in [2.45, 2.75) is 25.8 Å². The van der Waals surface area contributed by atoms with E-state index < -0.39 is 23.8 Å². The Morgan fingerprint density at radius 2 is 1.97 bits per heavy atom. The molecule has 0 spiro atoms. The topological polar surface area (TPSA) is 50.3 Å². The summed E-state index contributed by atoms with van der Waals surface area (Å²) in [4.78, 5) is 10.8. The maximum atomic E-state index is 14.6. The van der Waals surface area contributed by atoms with Crippen molar-refractivity contribution >= 4 is 17.7 Å². The van der Waals surface area contributed by atoms with E-state index in [1.54, 1.807) is 6.92 Å². The molecule has 0 radical (unpaired) electrons. The molecule has 0 saturated carbocycles. The number of benzene rings is 1. The van der Waals surface area contributed by atoms with E-state index in [-0.39, 0.29) is 5.56 Å². The van der Waals surface area contributed by atoms with Gasteiger partial charge in [0.2, 0.25) is 0 Å². The lowest BCUT2D eigenvalue weighted by Crippen LogP contribution is -2.27. The minimum atomic E-state index is -2.86. The summed E-state index contributed by atoms with van der Waals surface area (Å²) in [5.41, 5.74) is 2.76. The number of alkyl halides is 2. The van der Waals surface area contributed by atoms with Gasteiger partial charge in [0.15, 0.2) is 0 Å². The van der Waals surface area contributed by atoms with E-state index in [1.165, 1.54) is 24.0 Å². The highest BCUT2D eigenvalue weighted by atomic mass is 19.3. The van der Waals surface area contributed by atoms with Crippen molar-refractivity contribution in [1.29, 1.82) is 0 Å². The fraction of sp³-hybridized carbons (Fsp3) is 0.364. The first-order chi connectivity index (χ1) is 14.5. The molecule has 0 fully saturated rings. The molecule has 158 valence electrons. The van der Waals surface area contributed by atoms with Gasteiger partial charge in [0, 0.05) is 19.2 Å². The summed E-state index contributed by atoms with van der Waals surface area (Å²) in [5.74, 6) is 0.403. The number of fused-ring (bicyclic) bond motifs is 1. The molecule has 1 aromatic heterocycles. The molecule has 0 amide bonds. The lowest BCUT2D eigenvalue weighted by Gasteiger charge is -2.30. The number of halogens is 3. The fourth-order valence-corrected chi connectivity index (χ4v) is 3.86. The van der Waals surface area contributed by atoms with Gasteiger partial charge in [-0.25, -0.2) is 23.1 Å². The van der Waals surface area contributed by atoms with Crippen molar-refractivity contribution in [3.05, 3.63) is 64.3 Å². The number of nitrogens with one attached hydrogen (secondary N) is 1. The van der Waals surface area contributed by atoms with Gasteiger partial charge in [0.25, 0.3) is 6.43 Å². The first-order valence-electron chi connectivity index (χ1n) is 9.82. The first-order valence-corrected chi connectivity index (χ1v) is 9.82. The number of likely N-dealkylation sites (N-methyl/N-ethyl adjacent to an activating group) is 1. The van der Waals surface area contributed by atoms with Gasteiger partial charge in [-0.15, -0.1) is 0 Å². The van der Waals surface area contributed by atoms with E-state index in [0.717, 1.165) is 36.0 Å². The molecular weight excluding hydrogens is 393 g/mol. The minimum absolute atomic E-state index is 0.167. The highest BCUT2D eigenvalue weighted by molar-refractivity contribution is 5.80. The molecule has 0 bridgehead atoms. The fourth-order valence-electron chi connectivity index (χ4n) is 3.86. The molecule has 4 rings (SSSR count). The third kappa shape index (κ3) is 3.92. The van der Waals surface area contributed by atoms with Crippen LogP contribution < -0.4 is 10.2 Å². The Hall–Kier alpha value is -2.87. The third-order valence-corrected chi connectivity index (χ3v) is 5.44. The Morgan fingerprint density at radius 1 is 1.17 bits per heavy atom. The number of hydrogen-bond acceptors (Lipinski definition) is 5. The van der Waals surface area contributed by atoms with Gasteiger partial charge < -0.3 is 15.0 Å². The van der Waals surface area contributed by atoms with Crippen molar-refractivity contribution in [2.24, 2.45) is 0 Å². The summed E-state index contributed by atoms with van der Waals surface area (Å²) >= 11 is 0. The zero-order valence-electron chi connectivity index (χ0n) is 16.8. The van der Waals surface area contributed by atoms with Crippen LogP contribution >= 0.6 is 0 Å². The van der Waals surface area contributed by atoms with Gasteiger partial charge >= 0.3 is 0 Å². The number of ether oxygens (including phenoxy) is 1. The minimum Gasteiger partial charge on any atom is -0.377 e. The molecular formula is C22H23F3N4O.